The molecule has 1 aliphatic heterocycles. The van der Waals surface area contributed by atoms with E-state index in [0.717, 1.165) is 18.9 Å². The molecule has 1 fully saturated rings. The van der Waals surface area contributed by atoms with Crippen LogP contribution in [0.2, 0.25) is 0 Å². The fourth-order valence-corrected chi connectivity index (χ4v) is 2.61. The molecule has 0 spiro atoms. The van der Waals surface area contributed by atoms with Gasteiger partial charge in [-0.15, -0.1) is 0 Å². The van der Waals surface area contributed by atoms with Gasteiger partial charge in [0.2, 0.25) is 0 Å². The summed E-state index contributed by atoms with van der Waals surface area (Å²) in [6, 6.07) is 0. The van der Waals surface area contributed by atoms with E-state index in [4.69, 9.17) is 5.21 Å². The molecule has 66 valence electrons. The monoisotopic (exact) mass is 175 g/mol. The molecule has 0 aliphatic carbocycles. The topological polar surface area (TPSA) is 23.5 Å². The summed E-state index contributed by atoms with van der Waals surface area (Å²) in [6.07, 6.45) is 3.85. The first-order valence-electron chi connectivity index (χ1n) is 4.27. The fourth-order valence-electron chi connectivity index (χ4n) is 1.40. The first kappa shape index (κ1) is 9.36. The van der Waals surface area contributed by atoms with Gasteiger partial charge in [-0.1, -0.05) is 0 Å². The molecule has 0 aromatic carbocycles. The predicted octanol–water partition coefficient (Wildman–Crippen LogP) is 1.84. The molecule has 11 heavy (non-hydrogen) atoms. The predicted molar refractivity (Wildman–Crippen MR) is 49.1 cm³/mol. The Kier molecular flexibility index (Phi) is 4.26. The third kappa shape index (κ3) is 3.99. The van der Waals surface area contributed by atoms with Gasteiger partial charge in [0, 0.05) is 13.6 Å². The molecular weight excluding hydrogens is 158 g/mol. The SMILES string of the molecule is CN(O)CCC1CCSCC1. The van der Waals surface area contributed by atoms with Crippen LogP contribution in [0, 0.1) is 5.92 Å². The van der Waals surface area contributed by atoms with Gasteiger partial charge >= 0.3 is 0 Å². The Morgan fingerprint density at radius 3 is 2.64 bits per heavy atom. The summed E-state index contributed by atoms with van der Waals surface area (Å²) in [6.45, 7) is 0.829. The van der Waals surface area contributed by atoms with Crippen molar-refractivity contribution in [3.63, 3.8) is 0 Å². The minimum Gasteiger partial charge on any atom is -0.314 e. The van der Waals surface area contributed by atoms with Crippen molar-refractivity contribution in [2.24, 2.45) is 5.92 Å². The molecule has 1 aliphatic rings. The molecule has 3 heteroatoms. The smallest absolute Gasteiger partial charge is 0.0237 e. The van der Waals surface area contributed by atoms with Gasteiger partial charge in [0.1, 0.15) is 0 Å². The highest BCUT2D eigenvalue weighted by molar-refractivity contribution is 7.99. The molecule has 0 bridgehead atoms. The molecule has 2 nitrogen and oxygen atoms in total. The van der Waals surface area contributed by atoms with Gasteiger partial charge in [-0.25, -0.2) is 0 Å². The Balaban J connectivity index is 2.05. The lowest BCUT2D eigenvalue weighted by atomic mass is 9.99. The Morgan fingerprint density at radius 1 is 1.45 bits per heavy atom. The summed E-state index contributed by atoms with van der Waals surface area (Å²) in [5.74, 6) is 3.51. The van der Waals surface area contributed by atoms with Gasteiger partial charge in [-0.05, 0) is 36.7 Å². The molecular formula is C8H17NOS. The molecule has 1 saturated heterocycles. The van der Waals surface area contributed by atoms with Gasteiger partial charge in [0.05, 0.1) is 0 Å². The van der Waals surface area contributed by atoms with Crippen LogP contribution in [-0.2, 0) is 0 Å². The maximum atomic E-state index is 8.91. The molecule has 0 unspecified atom stereocenters. The van der Waals surface area contributed by atoms with Crippen LogP contribution in [0.25, 0.3) is 0 Å². The number of thioether (sulfide) groups is 1. The first-order valence-corrected chi connectivity index (χ1v) is 5.42. The second-order valence-electron chi connectivity index (χ2n) is 3.23. The van der Waals surface area contributed by atoms with Crippen molar-refractivity contribution in [3.8, 4) is 0 Å². The quantitative estimate of drug-likeness (QED) is 0.662. The van der Waals surface area contributed by atoms with Crippen LogP contribution in [0.5, 0.6) is 0 Å². The molecule has 0 saturated carbocycles. The largest absolute Gasteiger partial charge is 0.314 e. The van der Waals surface area contributed by atoms with E-state index >= 15 is 0 Å². The molecule has 0 aromatic heterocycles. The van der Waals surface area contributed by atoms with Crippen LogP contribution < -0.4 is 0 Å². The van der Waals surface area contributed by atoms with E-state index in [2.05, 4.69) is 11.8 Å². The normalized spacial score (nSPS) is 21.0. The van der Waals surface area contributed by atoms with Crippen molar-refractivity contribution in [2.75, 3.05) is 25.1 Å². The Morgan fingerprint density at radius 2 is 2.09 bits per heavy atom. The van der Waals surface area contributed by atoms with Gasteiger partial charge in [-0.3, -0.25) is 0 Å². The summed E-state index contributed by atoms with van der Waals surface area (Å²) < 4.78 is 0. The van der Waals surface area contributed by atoms with E-state index in [0.29, 0.717) is 0 Å². The van der Waals surface area contributed by atoms with E-state index < -0.39 is 0 Å². The third-order valence-corrected chi connectivity index (χ3v) is 3.25. The van der Waals surface area contributed by atoms with Crippen molar-refractivity contribution in [1.29, 1.82) is 0 Å². The highest BCUT2D eigenvalue weighted by Gasteiger charge is 2.13. The molecule has 0 amide bonds. The van der Waals surface area contributed by atoms with E-state index in [-0.39, 0.29) is 0 Å². The third-order valence-electron chi connectivity index (χ3n) is 2.20. The molecule has 1 heterocycles. The second-order valence-corrected chi connectivity index (χ2v) is 4.45. The van der Waals surface area contributed by atoms with Crippen LogP contribution in [-0.4, -0.2) is 35.4 Å². The zero-order valence-electron chi connectivity index (χ0n) is 7.12. The molecule has 1 rings (SSSR count). The summed E-state index contributed by atoms with van der Waals surface area (Å²) in [5.41, 5.74) is 0. The fraction of sp³-hybridized carbons (Fsp3) is 1.00. The van der Waals surface area contributed by atoms with Crippen LogP contribution in [0.15, 0.2) is 0 Å². The van der Waals surface area contributed by atoms with Gasteiger partial charge in [0.25, 0.3) is 0 Å². The minimum atomic E-state index is 0.829. The number of hydrogen-bond acceptors (Lipinski definition) is 3. The Bertz CT molecular complexity index is 102. The minimum absolute atomic E-state index is 0.829. The molecule has 1 N–H and O–H groups in total. The lowest BCUT2D eigenvalue weighted by molar-refractivity contribution is -0.0682. The van der Waals surface area contributed by atoms with Crippen molar-refractivity contribution in [1.82, 2.24) is 5.06 Å². The standard InChI is InChI=1S/C8H17NOS/c1-9(10)5-2-8-3-6-11-7-4-8/h8,10H,2-7H2,1H3. The van der Waals surface area contributed by atoms with Crippen LogP contribution in [0.4, 0.5) is 0 Å². The zero-order chi connectivity index (χ0) is 8.10. The number of rotatable bonds is 3. The van der Waals surface area contributed by atoms with E-state index in [9.17, 15) is 0 Å². The maximum Gasteiger partial charge on any atom is 0.0237 e. The number of nitrogens with zero attached hydrogens (tertiary/aromatic N) is 1. The Labute approximate surface area is 72.9 Å². The van der Waals surface area contributed by atoms with Gasteiger partial charge < -0.3 is 5.21 Å². The van der Waals surface area contributed by atoms with Crippen LogP contribution >= 0.6 is 11.8 Å². The van der Waals surface area contributed by atoms with Crippen LogP contribution in [0.1, 0.15) is 19.3 Å². The van der Waals surface area contributed by atoms with E-state index in [1.54, 1.807) is 7.05 Å². The Hall–Kier alpha value is 0.270. The summed E-state index contributed by atoms with van der Waals surface area (Å²) in [4.78, 5) is 0. The van der Waals surface area contributed by atoms with Crippen molar-refractivity contribution in [2.45, 2.75) is 19.3 Å². The zero-order valence-corrected chi connectivity index (χ0v) is 7.94. The molecule has 0 radical (unpaired) electrons. The average molecular weight is 175 g/mol. The molecule has 0 atom stereocenters. The lowest BCUT2D eigenvalue weighted by Crippen LogP contribution is -2.19. The summed E-state index contributed by atoms with van der Waals surface area (Å²) >= 11 is 2.06. The van der Waals surface area contributed by atoms with Crippen molar-refractivity contribution in [3.05, 3.63) is 0 Å². The maximum absolute atomic E-state index is 8.91. The van der Waals surface area contributed by atoms with E-state index in [1.165, 1.54) is 29.4 Å². The summed E-state index contributed by atoms with van der Waals surface area (Å²) in [5, 5.41) is 10.2. The highest BCUT2D eigenvalue weighted by atomic mass is 32.2. The van der Waals surface area contributed by atoms with Crippen LogP contribution in [0.3, 0.4) is 0 Å². The van der Waals surface area contributed by atoms with Gasteiger partial charge in [0.15, 0.2) is 0 Å². The summed E-state index contributed by atoms with van der Waals surface area (Å²) in [7, 11) is 1.72. The first-order chi connectivity index (χ1) is 5.29. The second kappa shape index (κ2) is 5.01. The van der Waals surface area contributed by atoms with Crippen molar-refractivity contribution >= 4 is 11.8 Å². The number of hydroxylamine groups is 2. The van der Waals surface area contributed by atoms with Crippen molar-refractivity contribution < 1.29 is 5.21 Å². The average Bonchev–Trinajstić information content (AvgIpc) is 2.03. The molecule has 0 aromatic rings. The lowest BCUT2D eigenvalue weighted by Gasteiger charge is -2.21. The highest BCUT2D eigenvalue weighted by Crippen LogP contribution is 2.24. The number of hydrogen-bond donors (Lipinski definition) is 1. The van der Waals surface area contributed by atoms with Gasteiger partial charge in [-0.2, -0.15) is 16.8 Å². The van der Waals surface area contributed by atoms with E-state index in [1.807, 2.05) is 0 Å².